The molecule has 1 aromatic carbocycles. The molecular formula is C9H9N3O. The van der Waals surface area contributed by atoms with E-state index in [-0.39, 0.29) is 12.1 Å². The largest absolute Gasteiger partial charge is 0.372 e. The summed E-state index contributed by atoms with van der Waals surface area (Å²) in [6.45, 7) is 0.693. The van der Waals surface area contributed by atoms with Crippen molar-refractivity contribution in [2.75, 3.05) is 6.61 Å². The highest BCUT2D eigenvalue weighted by Gasteiger charge is 2.32. The quantitative estimate of drug-likeness (QED) is 0.301. The molecule has 4 heteroatoms. The second-order valence-corrected chi connectivity index (χ2v) is 2.93. The van der Waals surface area contributed by atoms with Crippen molar-refractivity contribution in [1.82, 2.24) is 0 Å². The third kappa shape index (κ3) is 1.80. The molecule has 0 bridgehead atoms. The Bertz CT molecular complexity index is 328. The minimum Gasteiger partial charge on any atom is -0.372 e. The van der Waals surface area contributed by atoms with Crippen LogP contribution in [0.5, 0.6) is 0 Å². The molecule has 2 unspecified atom stereocenters. The Morgan fingerprint density at radius 2 is 2.15 bits per heavy atom. The number of ether oxygens (including phenoxy) is 1. The molecule has 2 rings (SSSR count). The molecule has 1 aromatic rings. The molecular weight excluding hydrogens is 166 g/mol. The standard InChI is InChI=1S/C9H9N3O/c10-12-11-9(8-6-13-8)7-4-2-1-3-5-7/h1-5,8-9H,6H2. The summed E-state index contributed by atoms with van der Waals surface area (Å²) in [5, 5.41) is 3.71. The Kier molecular flexibility index (Phi) is 2.17. The van der Waals surface area contributed by atoms with Crippen LogP contribution >= 0.6 is 0 Å². The molecule has 1 fully saturated rings. The zero-order valence-electron chi connectivity index (χ0n) is 7.00. The monoisotopic (exact) mass is 175 g/mol. The van der Waals surface area contributed by atoms with E-state index in [9.17, 15) is 0 Å². The lowest BCUT2D eigenvalue weighted by molar-refractivity contribution is 0.376. The first-order chi connectivity index (χ1) is 6.42. The van der Waals surface area contributed by atoms with Crippen molar-refractivity contribution in [2.24, 2.45) is 5.11 Å². The number of hydrogen-bond acceptors (Lipinski definition) is 2. The van der Waals surface area contributed by atoms with Crippen molar-refractivity contribution in [1.29, 1.82) is 0 Å². The van der Waals surface area contributed by atoms with Crippen LogP contribution in [0.1, 0.15) is 11.6 Å². The zero-order valence-corrected chi connectivity index (χ0v) is 7.00. The molecule has 0 spiro atoms. The molecule has 1 heterocycles. The molecule has 0 saturated carbocycles. The number of azide groups is 1. The van der Waals surface area contributed by atoms with Gasteiger partial charge in [-0.1, -0.05) is 35.4 Å². The molecule has 1 aliphatic heterocycles. The molecule has 66 valence electrons. The second kappa shape index (κ2) is 3.47. The summed E-state index contributed by atoms with van der Waals surface area (Å²) in [5.41, 5.74) is 9.39. The average molecular weight is 175 g/mol. The number of epoxide rings is 1. The number of hydrogen-bond donors (Lipinski definition) is 0. The van der Waals surface area contributed by atoms with Crippen LogP contribution in [0.15, 0.2) is 35.4 Å². The van der Waals surface area contributed by atoms with Crippen LogP contribution in [0.25, 0.3) is 10.4 Å². The minimum atomic E-state index is -0.161. The average Bonchev–Trinajstić information content (AvgIpc) is 2.99. The summed E-state index contributed by atoms with van der Waals surface area (Å²) in [7, 11) is 0. The van der Waals surface area contributed by atoms with E-state index >= 15 is 0 Å². The molecule has 0 amide bonds. The highest BCUT2D eigenvalue weighted by molar-refractivity contribution is 5.21. The fourth-order valence-electron chi connectivity index (χ4n) is 1.30. The lowest BCUT2D eigenvalue weighted by Gasteiger charge is -2.06. The van der Waals surface area contributed by atoms with Crippen molar-refractivity contribution < 1.29 is 4.74 Å². The Morgan fingerprint density at radius 3 is 2.69 bits per heavy atom. The van der Waals surface area contributed by atoms with Gasteiger partial charge in [0.15, 0.2) is 0 Å². The zero-order chi connectivity index (χ0) is 9.10. The highest BCUT2D eigenvalue weighted by Crippen LogP contribution is 2.30. The molecule has 2 atom stereocenters. The maximum absolute atomic E-state index is 8.38. The maximum Gasteiger partial charge on any atom is 0.0935 e. The molecule has 0 aliphatic carbocycles. The van der Waals surface area contributed by atoms with Crippen LogP contribution in [-0.2, 0) is 4.74 Å². The van der Waals surface area contributed by atoms with E-state index in [0.717, 1.165) is 5.56 Å². The fourth-order valence-corrected chi connectivity index (χ4v) is 1.30. The van der Waals surface area contributed by atoms with Gasteiger partial charge in [0.05, 0.1) is 18.8 Å². The van der Waals surface area contributed by atoms with Gasteiger partial charge in [-0.3, -0.25) is 0 Å². The third-order valence-corrected chi connectivity index (χ3v) is 2.03. The summed E-state index contributed by atoms with van der Waals surface area (Å²) in [4.78, 5) is 2.82. The first-order valence-electron chi connectivity index (χ1n) is 4.12. The second-order valence-electron chi connectivity index (χ2n) is 2.93. The topological polar surface area (TPSA) is 61.3 Å². The van der Waals surface area contributed by atoms with Crippen LogP contribution in [0.4, 0.5) is 0 Å². The Morgan fingerprint density at radius 1 is 1.46 bits per heavy atom. The maximum atomic E-state index is 8.38. The number of nitrogens with zero attached hydrogens (tertiary/aromatic N) is 3. The van der Waals surface area contributed by atoms with Crippen molar-refractivity contribution in [3.63, 3.8) is 0 Å². The molecule has 1 saturated heterocycles. The SMILES string of the molecule is [N-]=[N+]=NC(c1ccccc1)C1CO1. The summed E-state index contributed by atoms with van der Waals surface area (Å²) in [5.74, 6) is 0. The van der Waals surface area contributed by atoms with Gasteiger partial charge in [0.25, 0.3) is 0 Å². The van der Waals surface area contributed by atoms with Gasteiger partial charge in [-0.25, -0.2) is 0 Å². The van der Waals surface area contributed by atoms with E-state index in [4.69, 9.17) is 10.3 Å². The van der Waals surface area contributed by atoms with Crippen LogP contribution in [0.3, 0.4) is 0 Å². The molecule has 13 heavy (non-hydrogen) atoms. The fraction of sp³-hybridized carbons (Fsp3) is 0.333. The molecule has 0 N–H and O–H groups in total. The number of benzene rings is 1. The van der Waals surface area contributed by atoms with Gasteiger partial charge >= 0.3 is 0 Å². The summed E-state index contributed by atoms with van der Waals surface area (Å²) in [6, 6.07) is 9.52. The van der Waals surface area contributed by atoms with Crippen LogP contribution < -0.4 is 0 Å². The van der Waals surface area contributed by atoms with Crippen LogP contribution in [0.2, 0.25) is 0 Å². The van der Waals surface area contributed by atoms with Gasteiger partial charge in [0.1, 0.15) is 0 Å². The molecule has 4 nitrogen and oxygen atoms in total. The summed E-state index contributed by atoms with van der Waals surface area (Å²) >= 11 is 0. The minimum absolute atomic E-state index is 0.0818. The van der Waals surface area contributed by atoms with E-state index in [1.54, 1.807) is 0 Å². The summed E-state index contributed by atoms with van der Waals surface area (Å²) in [6.07, 6.45) is 0.0818. The normalized spacial score (nSPS) is 21.7. The Hall–Kier alpha value is -1.51. The van der Waals surface area contributed by atoms with Gasteiger partial charge < -0.3 is 4.74 Å². The van der Waals surface area contributed by atoms with E-state index in [1.807, 2.05) is 30.3 Å². The number of rotatable bonds is 3. The van der Waals surface area contributed by atoms with Crippen LogP contribution in [0, 0.1) is 0 Å². The Balaban J connectivity index is 2.24. The molecule has 0 aromatic heterocycles. The predicted molar refractivity (Wildman–Crippen MR) is 48.1 cm³/mol. The van der Waals surface area contributed by atoms with Gasteiger partial charge in [-0.05, 0) is 11.1 Å². The van der Waals surface area contributed by atoms with Crippen molar-refractivity contribution >= 4 is 0 Å². The lowest BCUT2D eigenvalue weighted by atomic mass is 10.1. The van der Waals surface area contributed by atoms with E-state index in [2.05, 4.69) is 10.0 Å². The lowest BCUT2D eigenvalue weighted by Crippen LogP contribution is -2.01. The summed E-state index contributed by atoms with van der Waals surface area (Å²) < 4.78 is 5.11. The highest BCUT2D eigenvalue weighted by atomic mass is 16.6. The Labute approximate surface area is 75.8 Å². The van der Waals surface area contributed by atoms with Gasteiger partial charge in [0, 0.05) is 4.91 Å². The van der Waals surface area contributed by atoms with Crippen molar-refractivity contribution in [3.05, 3.63) is 46.3 Å². The predicted octanol–water partition coefficient (Wildman–Crippen LogP) is 2.44. The van der Waals surface area contributed by atoms with E-state index < -0.39 is 0 Å². The van der Waals surface area contributed by atoms with Crippen molar-refractivity contribution in [2.45, 2.75) is 12.1 Å². The van der Waals surface area contributed by atoms with Gasteiger partial charge in [0.2, 0.25) is 0 Å². The first-order valence-corrected chi connectivity index (χ1v) is 4.12. The molecule has 1 aliphatic rings. The smallest absolute Gasteiger partial charge is 0.0935 e. The van der Waals surface area contributed by atoms with E-state index in [1.165, 1.54) is 0 Å². The van der Waals surface area contributed by atoms with Crippen molar-refractivity contribution in [3.8, 4) is 0 Å². The third-order valence-electron chi connectivity index (χ3n) is 2.03. The van der Waals surface area contributed by atoms with Gasteiger partial charge in [-0.2, -0.15) is 0 Å². The van der Waals surface area contributed by atoms with E-state index in [0.29, 0.717) is 6.61 Å². The van der Waals surface area contributed by atoms with Crippen LogP contribution in [-0.4, -0.2) is 12.7 Å². The van der Waals surface area contributed by atoms with Gasteiger partial charge in [-0.15, -0.1) is 0 Å². The first kappa shape index (κ1) is 8.10. The molecule has 0 radical (unpaired) electrons.